The summed E-state index contributed by atoms with van der Waals surface area (Å²) in [5.41, 5.74) is 1.35. The number of nitrogens with one attached hydrogen (secondary N) is 1. The van der Waals surface area contributed by atoms with Gasteiger partial charge in [0, 0.05) is 37.6 Å². The van der Waals surface area contributed by atoms with Gasteiger partial charge in [-0.05, 0) is 44.0 Å². The molecule has 3 aliphatic rings. The molecule has 162 valence electrons. The van der Waals surface area contributed by atoms with Crippen molar-refractivity contribution in [2.45, 2.75) is 44.8 Å². The average molecular weight is 422 g/mol. The summed E-state index contributed by atoms with van der Waals surface area (Å²) in [6.45, 7) is 2.73. The van der Waals surface area contributed by atoms with Crippen molar-refractivity contribution in [3.05, 3.63) is 42.5 Å². The topological polar surface area (TPSA) is 77.1 Å². The molecule has 2 fully saturated rings. The zero-order chi connectivity index (χ0) is 21.4. The number of hydrogen-bond donors (Lipinski definition) is 1. The molecule has 7 nitrogen and oxygen atoms in total. The number of benzene rings is 2. The van der Waals surface area contributed by atoms with Crippen LogP contribution in [0.15, 0.2) is 42.5 Å². The summed E-state index contributed by atoms with van der Waals surface area (Å²) in [6.07, 6.45) is 4.12. The fraction of sp³-hybridized carbons (Fsp3) is 0.417. The van der Waals surface area contributed by atoms with Crippen LogP contribution < -0.4 is 24.4 Å². The van der Waals surface area contributed by atoms with Crippen LogP contribution in [0, 0.1) is 5.92 Å². The van der Waals surface area contributed by atoms with E-state index in [1.54, 1.807) is 11.0 Å². The first-order valence-corrected chi connectivity index (χ1v) is 10.9. The number of carbonyl (C=O) groups excluding carboxylic acids is 2. The Labute approximate surface area is 181 Å². The number of hydrogen-bond acceptors (Lipinski definition) is 5. The zero-order valence-corrected chi connectivity index (χ0v) is 17.6. The van der Waals surface area contributed by atoms with E-state index >= 15 is 0 Å². The van der Waals surface area contributed by atoms with Crippen molar-refractivity contribution in [2.75, 3.05) is 23.4 Å². The lowest BCUT2D eigenvalue weighted by atomic mass is 10.1. The lowest BCUT2D eigenvalue weighted by Gasteiger charge is -2.21. The van der Waals surface area contributed by atoms with Crippen LogP contribution in [0.25, 0.3) is 0 Å². The Morgan fingerprint density at radius 1 is 1.16 bits per heavy atom. The number of fused-ring (bicyclic) bond motifs is 1. The van der Waals surface area contributed by atoms with Gasteiger partial charge < -0.3 is 24.4 Å². The van der Waals surface area contributed by atoms with Crippen LogP contribution in [-0.2, 0) is 9.59 Å². The first-order chi connectivity index (χ1) is 15.1. The normalized spacial score (nSPS) is 21.0. The van der Waals surface area contributed by atoms with Crippen molar-refractivity contribution in [3.63, 3.8) is 0 Å². The Kier molecular flexibility index (Phi) is 4.96. The SMILES string of the molecule is CCOc1ccccc1N1C[C@H](C(=O)Nc2ccc3c(c2)OC2(CCCC2)O3)CC1=O. The van der Waals surface area contributed by atoms with Crippen LogP contribution in [0.3, 0.4) is 0 Å². The van der Waals surface area contributed by atoms with Gasteiger partial charge in [-0.15, -0.1) is 0 Å². The predicted molar refractivity (Wildman–Crippen MR) is 116 cm³/mol. The van der Waals surface area contributed by atoms with Gasteiger partial charge in [-0.25, -0.2) is 0 Å². The van der Waals surface area contributed by atoms with Gasteiger partial charge in [-0.3, -0.25) is 9.59 Å². The maximum atomic E-state index is 12.9. The summed E-state index contributed by atoms with van der Waals surface area (Å²) in [5, 5.41) is 2.94. The smallest absolute Gasteiger partial charge is 0.251 e. The number of ether oxygens (including phenoxy) is 3. The zero-order valence-electron chi connectivity index (χ0n) is 17.6. The first-order valence-electron chi connectivity index (χ1n) is 10.9. The highest BCUT2D eigenvalue weighted by atomic mass is 16.7. The lowest BCUT2D eigenvalue weighted by Crippen LogP contribution is -2.34. The largest absolute Gasteiger partial charge is 0.492 e. The molecule has 0 radical (unpaired) electrons. The molecule has 7 heteroatoms. The molecule has 1 saturated carbocycles. The summed E-state index contributed by atoms with van der Waals surface area (Å²) in [7, 11) is 0. The second kappa shape index (κ2) is 7.80. The van der Waals surface area contributed by atoms with Gasteiger partial charge in [0.15, 0.2) is 11.5 Å². The van der Waals surface area contributed by atoms with Gasteiger partial charge in [0.05, 0.1) is 18.2 Å². The molecular weight excluding hydrogens is 396 g/mol. The third-order valence-electron chi connectivity index (χ3n) is 6.12. The van der Waals surface area contributed by atoms with E-state index < -0.39 is 11.7 Å². The molecule has 2 heterocycles. The maximum Gasteiger partial charge on any atom is 0.251 e. The Morgan fingerprint density at radius 3 is 2.74 bits per heavy atom. The molecule has 1 spiro atoms. The van der Waals surface area contributed by atoms with E-state index in [1.165, 1.54) is 0 Å². The number of para-hydroxylation sites is 2. The van der Waals surface area contributed by atoms with E-state index in [4.69, 9.17) is 14.2 Å². The van der Waals surface area contributed by atoms with Crippen LogP contribution >= 0.6 is 0 Å². The summed E-state index contributed by atoms with van der Waals surface area (Å²) in [5.74, 6) is 0.798. The Balaban J connectivity index is 1.27. The van der Waals surface area contributed by atoms with Crippen molar-refractivity contribution >= 4 is 23.2 Å². The van der Waals surface area contributed by atoms with Gasteiger partial charge in [0.25, 0.3) is 5.79 Å². The lowest BCUT2D eigenvalue weighted by molar-refractivity contribution is -0.122. The predicted octanol–water partition coefficient (Wildman–Crippen LogP) is 4.12. The molecule has 0 aromatic heterocycles. The second-order valence-corrected chi connectivity index (χ2v) is 8.28. The molecule has 1 saturated heterocycles. The van der Waals surface area contributed by atoms with Crippen molar-refractivity contribution in [1.82, 2.24) is 0 Å². The highest BCUT2D eigenvalue weighted by Gasteiger charge is 2.44. The van der Waals surface area contributed by atoms with Crippen molar-refractivity contribution < 1.29 is 23.8 Å². The molecule has 0 bridgehead atoms. The molecule has 2 aromatic carbocycles. The quantitative estimate of drug-likeness (QED) is 0.784. The molecule has 31 heavy (non-hydrogen) atoms. The number of amides is 2. The molecule has 1 atom stereocenters. The minimum Gasteiger partial charge on any atom is -0.492 e. The van der Waals surface area contributed by atoms with Crippen LogP contribution in [0.4, 0.5) is 11.4 Å². The first kappa shape index (κ1) is 19.7. The van der Waals surface area contributed by atoms with Crippen molar-refractivity contribution in [3.8, 4) is 17.2 Å². The van der Waals surface area contributed by atoms with Gasteiger partial charge >= 0.3 is 0 Å². The van der Waals surface area contributed by atoms with Crippen LogP contribution in [0.1, 0.15) is 39.0 Å². The maximum absolute atomic E-state index is 12.9. The van der Waals surface area contributed by atoms with Crippen molar-refractivity contribution in [2.24, 2.45) is 5.92 Å². The highest BCUT2D eigenvalue weighted by molar-refractivity contribution is 6.04. The monoisotopic (exact) mass is 422 g/mol. The average Bonchev–Trinajstić information content (AvgIpc) is 3.47. The standard InChI is InChI=1S/C24H26N2O5/c1-2-29-19-8-4-3-7-18(19)26-15-16(13-22(26)27)23(28)25-17-9-10-20-21(14-17)31-24(30-20)11-5-6-12-24/h3-4,7-10,14,16H,2,5-6,11-13,15H2,1H3,(H,25,28)/t16-/m1/s1. The Morgan fingerprint density at radius 2 is 1.94 bits per heavy atom. The van der Waals surface area contributed by atoms with E-state index in [-0.39, 0.29) is 18.2 Å². The van der Waals surface area contributed by atoms with E-state index in [1.807, 2.05) is 43.3 Å². The minimum absolute atomic E-state index is 0.0823. The summed E-state index contributed by atoms with van der Waals surface area (Å²) in [6, 6.07) is 12.9. The molecule has 2 amide bonds. The fourth-order valence-electron chi connectivity index (χ4n) is 4.61. The van der Waals surface area contributed by atoms with Gasteiger partial charge in [-0.2, -0.15) is 0 Å². The third kappa shape index (κ3) is 3.69. The number of carbonyl (C=O) groups is 2. The van der Waals surface area contributed by atoms with Gasteiger partial charge in [-0.1, -0.05) is 12.1 Å². The summed E-state index contributed by atoms with van der Waals surface area (Å²) >= 11 is 0. The minimum atomic E-state index is -0.530. The van der Waals surface area contributed by atoms with E-state index in [0.29, 0.717) is 36.0 Å². The number of nitrogens with zero attached hydrogens (tertiary/aromatic N) is 1. The second-order valence-electron chi connectivity index (χ2n) is 8.28. The fourth-order valence-corrected chi connectivity index (χ4v) is 4.61. The van der Waals surface area contributed by atoms with Crippen molar-refractivity contribution in [1.29, 1.82) is 0 Å². The van der Waals surface area contributed by atoms with E-state index in [9.17, 15) is 9.59 Å². The van der Waals surface area contributed by atoms with Crippen LogP contribution in [0.2, 0.25) is 0 Å². The molecule has 1 N–H and O–H groups in total. The van der Waals surface area contributed by atoms with Crippen LogP contribution in [0.5, 0.6) is 17.2 Å². The molecule has 2 aliphatic heterocycles. The molecule has 0 unspecified atom stereocenters. The van der Waals surface area contributed by atoms with E-state index in [2.05, 4.69) is 5.32 Å². The summed E-state index contributed by atoms with van der Waals surface area (Å²) in [4.78, 5) is 27.2. The third-order valence-corrected chi connectivity index (χ3v) is 6.12. The van der Waals surface area contributed by atoms with Gasteiger partial charge in [0.1, 0.15) is 5.75 Å². The Bertz CT molecular complexity index is 1010. The highest BCUT2D eigenvalue weighted by Crippen LogP contribution is 2.47. The van der Waals surface area contributed by atoms with Crippen LogP contribution in [-0.4, -0.2) is 30.8 Å². The Hall–Kier alpha value is -3.22. The van der Waals surface area contributed by atoms with E-state index in [0.717, 1.165) is 31.4 Å². The molecule has 5 rings (SSSR count). The molecule has 1 aliphatic carbocycles. The molecular formula is C24H26N2O5. The van der Waals surface area contributed by atoms with Gasteiger partial charge in [0.2, 0.25) is 11.8 Å². The summed E-state index contributed by atoms with van der Waals surface area (Å²) < 4.78 is 17.8. The number of anilines is 2. The molecule has 2 aromatic rings. The number of rotatable bonds is 5.